The van der Waals surface area contributed by atoms with Crippen LogP contribution in [0.3, 0.4) is 0 Å². The van der Waals surface area contributed by atoms with Gasteiger partial charge in [0.15, 0.2) is 0 Å². The summed E-state index contributed by atoms with van der Waals surface area (Å²) in [6, 6.07) is 0. The van der Waals surface area contributed by atoms with Crippen molar-refractivity contribution in [3.8, 4) is 0 Å². The third kappa shape index (κ3) is 6.54. The van der Waals surface area contributed by atoms with Gasteiger partial charge in [-0.15, -0.1) is 23.2 Å². The van der Waals surface area contributed by atoms with E-state index in [1.807, 2.05) is 0 Å². The largest absolute Gasteiger partial charge is 0.393 e. The van der Waals surface area contributed by atoms with Gasteiger partial charge in [-0.3, -0.25) is 0 Å². The molecule has 0 radical (unpaired) electrons. The van der Waals surface area contributed by atoms with E-state index in [1.54, 1.807) is 6.92 Å². The van der Waals surface area contributed by atoms with Crippen LogP contribution in [0.15, 0.2) is 0 Å². The average molecular weight is 157 g/mol. The fourth-order valence-electron chi connectivity index (χ4n) is 0.367. The van der Waals surface area contributed by atoms with Crippen LogP contribution in [0.2, 0.25) is 0 Å². The second kappa shape index (κ2) is 4.42. The molecule has 3 heteroatoms. The third-order valence-corrected chi connectivity index (χ3v) is 1.24. The molecule has 8 heavy (non-hydrogen) atoms. The first-order valence-corrected chi connectivity index (χ1v) is 3.46. The molecule has 0 rings (SSSR count). The standard InChI is InChI=1S/C5H10Cl2O/c1-4(8)2-3-5(6)7/h4-5,8H,2-3H2,1H3. The lowest BCUT2D eigenvalue weighted by Crippen LogP contribution is -2.01. The Morgan fingerprint density at radius 3 is 2.00 bits per heavy atom. The molecule has 1 N–H and O–H groups in total. The number of hydrogen-bond acceptors (Lipinski definition) is 1. The molecular formula is C5H10Cl2O. The van der Waals surface area contributed by atoms with Gasteiger partial charge in [-0.2, -0.15) is 0 Å². The minimum Gasteiger partial charge on any atom is -0.393 e. The zero-order valence-corrected chi connectivity index (χ0v) is 6.28. The molecule has 0 aliphatic rings. The summed E-state index contributed by atoms with van der Waals surface area (Å²) in [5, 5.41) is 8.68. The van der Waals surface area contributed by atoms with Crippen LogP contribution in [0.25, 0.3) is 0 Å². The van der Waals surface area contributed by atoms with Crippen LogP contribution in [-0.4, -0.2) is 16.0 Å². The summed E-state index contributed by atoms with van der Waals surface area (Å²) in [4.78, 5) is -0.329. The maximum Gasteiger partial charge on any atom is 0.107 e. The molecule has 0 saturated heterocycles. The van der Waals surface area contributed by atoms with Crippen LogP contribution in [-0.2, 0) is 0 Å². The number of hydrogen-bond donors (Lipinski definition) is 1. The molecule has 1 nitrogen and oxygen atoms in total. The van der Waals surface area contributed by atoms with Gasteiger partial charge in [0.2, 0.25) is 0 Å². The molecule has 0 heterocycles. The van der Waals surface area contributed by atoms with Crippen molar-refractivity contribution in [1.29, 1.82) is 0 Å². The van der Waals surface area contributed by atoms with E-state index in [1.165, 1.54) is 0 Å². The van der Waals surface area contributed by atoms with E-state index in [9.17, 15) is 0 Å². The van der Waals surface area contributed by atoms with Crippen molar-refractivity contribution in [2.24, 2.45) is 0 Å². The predicted molar refractivity (Wildman–Crippen MR) is 36.4 cm³/mol. The Balaban J connectivity index is 2.93. The monoisotopic (exact) mass is 156 g/mol. The van der Waals surface area contributed by atoms with Crippen LogP contribution in [0.4, 0.5) is 0 Å². The normalized spacial score (nSPS) is 14.6. The highest BCUT2D eigenvalue weighted by molar-refractivity contribution is 6.44. The zero-order valence-electron chi connectivity index (χ0n) is 4.77. The van der Waals surface area contributed by atoms with E-state index < -0.39 is 0 Å². The van der Waals surface area contributed by atoms with E-state index in [4.69, 9.17) is 28.3 Å². The van der Waals surface area contributed by atoms with E-state index in [0.29, 0.717) is 12.8 Å². The van der Waals surface area contributed by atoms with Gasteiger partial charge in [0.25, 0.3) is 0 Å². The fraction of sp³-hybridized carbons (Fsp3) is 1.00. The molecule has 0 bridgehead atoms. The highest BCUT2D eigenvalue weighted by atomic mass is 35.5. The SMILES string of the molecule is CC(O)CCC(Cl)Cl. The lowest BCUT2D eigenvalue weighted by atomic mass is 10.2. The molecule has 0 aliphatic heterocycles. The molecule has 0 aliphatic carbocycles. The van der Waals surface area contributed by atoms with E-state index in [-0.39, 0.29) is 10.9 Å². The van der Waals surface area contributed by atoms with Crippen molar-refractivity contribution in [3.63, 3.8) is 0 Å². The fourth-order valence-corrected chi connectivity index (χ4v) is 0.619. The van der Waals surface area contributed by atoms with Crippen LogP contribution < -0.4 is 0 Å². The Kier molecular flexibility index (Phi) is 4.72. The Labute approximate surface area is 59.6 Å². The number of rotatable bonds is 3. The predicted octanol–water partition coefficient (Wildman–Crippen LogP) is 1.95. The third-order valence-electron chi connectivity index (χ3n) is 0.803. The summed E-state index contributed by atoms with van der Waals surface area (Å²) >= 11 is 10.8. The Morgan fingerprint density at radius 2 is 1.88 bits per heavy atom. The highest BCUT2D eigenvalue weighted by Crippen LogP contribution is 2.10. The number of alkyl halides is 2. The van der Waals surface area contributed by atoms with E-state index in [0.717, 1.165) is 0 Å². The first-order valence-electron chi connectivity index (χ1n) is 2.59. The number of halogens is 2. The molecular weight excluding hydrogens is 147 g/mol. The molecule has 50 valence electrons. The van der Waals surface area contributed by atoms with Crippen molar-refractivity contribution in [1.82, 2.24) is 0 Å². The highest BCUT2D eigenvalue weighted by Gasteiger charge is 2.00. The number of aliphatic hydroxyl groups is 1. The Hall–Kier alpha value is 0.540. The van der Waals surface area contributed by atoms with Gasteiger partial charge in [0, 0.05) is 0 Å². The van der Waals surface area contributed by atoms with Crippen molar-refractivity contribution < 1.29 is 5.11 Å². The average Bonchev–Trinajstić information content (AvgIpc) is 1.61. The minimum atomic E-state index is -0.329. The van der Waals surface area contributed by atoms with Gasteiger partial charge in [0.05, 0.1) is 6.10 Å². The molecule has 0 amide bonds. The molecule has 0 aromatic rings. The zero-order chi connectivity index (χ0) is 6.57. The van der Waals surface area contributed by atoms with Gasteiger partial charge in [-0.25, -0.2) is 0 Å². The summed E-state index contributed by atoms with van der Waals surface area (Å²) in [6.07, 6.45) is 1.06. The molecule has 0 aromatic heterocycles. The summed E-state index contributed by atoms with van der Waals surface area (Å²) < 4.78 is 0. The van der Waals surface area contributed by atoms with Gasteiger partial charge >= 0.3 is 0 Å². The summed E-state index contributed by atoms with van der Waals surface area (Å²) in [7, 11) is 0. The summed E-state index contributed by atoms with van der Waals surface area (Å²) in [5.41, 5.74) is 0. The summed E-state index contributed by atoms with van der Waals surface area (Å²) in [6.45, 7) is 1.72. The van der Waals surface area contributed by atoms with Crippen molar-refractivity contribution in [2.75, 3.05) is 0 Å². The second-order valence-electron chi connectivity index (χ2n) is 1.82. The van der Waals surface area contributed by atoms with Crippen LogP contribution >= 0.6 is 23.2 Å². The maximum atomic E-state index is 8.68. The van der Waals surface area contributed by atoms with Crippen molar-refractivity contribution in [3.05, 3.63) is 0 Å². The quantitative estimate of drug-likeness (QED) is 0.620. The number of aliphatic hydroxyl groups excluding tert-OH is 1. The Bertz CT molecular complexity index is 46.4. The Morgan fingerprint density at radius 1 is 1.38 bits per heavy atom. The van der Waals surface area contributed by atoms with Gasteiger partial charge in [0.1, 0.15) is 4.84 Å². The molecule has 1 unspecified atom stereocenters. The van der Waals surface area contributed by atoms with Gasteiger partial charge < -0.3 is 5.11 Å². The van der Waals surface area contributed by atoms with Gasteiger partial charge in [-0.1, -0.05) is 0 Å². The second-order valence-corrected chi connectivity index (χ2v) is 3.09. The van der Waals surface area contributed by atoms with E-state index >= 15 is 0 Å². The lowest BCUT2D eigenvalue weighted by Gasteiger charge is -2.02. The topological polar surface area (TPSA) is 20.2 Å². The van der Waals surface area contributed by atoms with Crippen LogP contribution in [0.1, 0.15) is 19.8 Å². The first-order chi connectivity index (χ1) is 3.63. The van der Waals surface area contributed by atoms with Crippen LogP contribution in [0.5, 0.6) is 0 Å². The smallest absolute Gasteiger partial charge is 0.107 e. The molecule has 1 atom stereocenters. The van der Waals surface area contributed by atoms with Crippen LogP contribution in [0, 0.1) is 0 Å². The molecule has 0 fully saturated rings. The molecule has 0 aromatic carbocycles. The molecule has 0 spiro atoms. The lowest BCUT2D eigenvalue weighted by molar-refractivity contribution is 0.183. The van der Waals surface area contributed by atoms with Crippen molar-refractivity contribution >= 4 is 23.2 Å². The first kappa shape index (κ1) is 8.54. The van der Waals surface area contributed by atoms with Gasteiger partial charge in [-0.05, 0) is 19.8 Å². The summed E-state index contributed by atoms with van der Waals surface area (Å²) in [5.74, 6) is 0. The van der Waals surface area contributed by atoms with E-state index in [2.05, 4.69) is 0 Å². The minimum absolute atomic E-state index is 0.282. The molecule has 0 saturated carbocycles. The maximum absolute atomic E-state index is 8.68. The van der Waals surface area contributed by atoms with Crippen molar-refractivity contribution in [2.45, 2.75) is 30.7 Å².